The van der Waals surface area contributed by atoms with Crippen molar-refractivity contribution in [2.75, 3.05) is 5.32 Å². The summed E-state index contributed by atoms with van der Waals surface area (Å²) in [4.78, 5) is 12.6. The van der Waals surface area contributed by atoms with Crippen molar-refractivity contribution in [2.24, 2.45) is 0 Å². The molecule has 3 nitrogen and oxygen atoms in total. The van der Waals surface area contributed by atoms with E-state index in [4.69, 9.17) is 0 Å². The molecule has 26 heavy (non-hydrogen) atoms. The number of carbonyl (C=O) groups is 1. The molecular weight excluding hydrogens is 524 g/mol. The molecule has 2 N–H and O–H groups in total. The van der Waals surface area contributed by atoms with Crippen LogP contribution in [0.15, 0.2) is 66.7 Å². The number of halogens is 3. The summed E-state index contributed by atoms with van der Waals surface area (Å²) in [5.74, 6) is -0.161. The van der Waals surface area contributed by atoms with Crippen molar-refractivity contribution in [1.29, 1.82) is 0 Å². The molecule has 0 saturated carbocycles. The highest BCUT2D eigenvalue weighted by molar-refractivity contribution is 9.39. The SMILES string of the molecule is Cc1ccc(C(=O)N[C@H](Nc2ccc3ccccc3c2)C(Br)(Br)Br)cc1. The van der Waals surface area contributed by atoms with Crippen molar-refractivity contribution in [3.63, 3.8) is 0 Å². The maximum atomic E-state index is 12.6. The molecule has 0 fully saturated rings. The third-order valence-electron chi connectivity index (χ3n) is 3.98. The van der Waals surface area contributed by atoms with Crippen LogP contribution in [0, 0.1) is 6.92 Å². The zero-order chi connectivity index (χ0) is 18.7. The average molecular weight is 541 g/mol. The van der Waals surface area contributed by atoms with Gasteiger partial charge < -0.3 is 10.6 Å². The summed E-state index contributed by atoms with van der Waals surface area (Å²) in [5.41, 5.74) is 2.63. The smallest absolute Gasteiger partial charge is 0.252 e. The second-order valence-electron chi connectivity index (χ2n) is 6.02. The summed E-state index contributed by atoms with van der Waals surface area (Å²) in [6.45, 7) is 1.99. The molecule has 134 valence electrons. The van der Waals surface area contributed by atoms with Crippen molar-refractivity contribution in [2.45, 2.75) is 15.2 Å². The molecule has 0 unspecified atom stereocenters. The molecule has 0 aliphatic rings. The van der Waals surface area contributed by atoms with E-state index in [2.05, 4.69) is 82.7 Å². The fourth-order valence-electron chi connectivity index (χ4n) is 2.56. The Bertz CT molecular complexity index is 920. The van der Waals surface area contributed by atoms with Gasteiger partial charge in [0.25, 0.3) is 5.91 Å². The molecule has 1 atom stereocenters. The fourth-order valence-corrected chi connectivity index (χ4v) is 3.25. The lowest BCUT2D eigenvalue weighted by Crippen LogP contribution is -2.48. The van der Waals surface area contributed by atoms with Crippen LogP contribution in [0.5, 0.6) is 0 Å². The molecule has 3 aromatic carbocycles. The van der Waals surface area contributed by atoms with Crippen molar-refractivity contribution in [3.05, 3.63) is 77.9 Å². The van der Waals surface area contributed by atoms with Gasteiger partial charge in [0.05, 0.1) is 0 Å². The number of rotatable bonds is 4. The topological polar surface area (TPSA) is 41.1 Å². The minimum absolute atomic E-state index is 0.161. The van der Waals surface area contributed by atoms with Crippen LogP contribution in [0.4, 0.5) is 5.69 Å². The highest BCUT2D eigenvalue weighted by Crippen LogP contribution is 2.38. The van der Waals surface area contributed by atoms with Crippen LogP contribution in [-0.2, 0) is 0 Å². The lowest BCUT2D eigenvalue weighted by molar-refractivity contribution is 0.0943. The first-order valence-electron chi connectivity index (χ1n) is 8.02. The molecule has 3 rings (SSSR count). The number of benzene rings is 3. The Kier molecular flexibility index (Phi) is 6.05. The van der Waals surface area contributed by atoms with Gasteiger partial charge in [0.2, 0.25) is 0 Å². The minimum atomic E-state index is -0.709. The van der Waals surface area contributed by atoms with Crippen LogP contribution in [0.25, 0.3) is 10.8 Å². The van der Waals surface area contributed by atoms with Crippen LogP contribution >= 0.6 is 47.8 Å². The van der Waals surface area contributed by atoms with E-state index < -0.39 is 8.31 Å². The number of anilines is 1. The van der Waals surface area contributed by atoms with E-state index in [-0.39, 0.29) is 5.91 Å². The predicted molar refractivity (Wildman–Crippen MR) is 120 cm³/mol. The van der Waals surface area contributed by atoms with Gasteiger partial charge >= 0.3 is 0 Å². The van der Waals surface area contributed by atoms with Gasteiger partial charge in [0.15, 0.2) is 2.14 Å². The highest BCUT2D eigenvalue weighted by atomic mass is 80.0. The number of alkyl halides is 3. The van der Waals surface area contributed by atoms with E-state index in [1.54, 1.807) is 0 Å². The number of hydrogen-bond acceptors (Lipinski definition) is 2. The molecule has 1 amide bonds. The Labute approximate surface area is 177 Å². The molecule has 0 heterocycles. The summed E-state index contributed by atoms with van der Waals surface area (Å²) >= 11 is 10.6. The zero-order valence-corrected chi connectivity index (χ0v) is 18.7. The third kappa shape index (κ3) is 4.87. The normalized spacial score (nSPS) is 12.6. The van der Waals surface area contributed by atoms with Crippen LogP contribution in [0.1, 0.15) is 15.9 Å². The van der Waals surface area contributed by atoms with Gasteiger partial charge in [-0.3, -0.25) is 4.79 Å². The monoisotopic (exact) mass is 538 g/mol. The standard InChI is InChI=1S/C20H17Br3N2O/c1-13-6-8-15(9-7-13)18(26)25-19(20(21,22)23)24-17-11-10-14-4-2-3-5-16(14)12-17/h2-12,19,24H,1H3,(H,25,26)/t19-/m0/s1. The van der Waals surface area contributed by atoms with E-state index >= 15 is 0 Å². The lowest BCUT2D eigenvalue weighted by atomic mass is 10.1. The van der Waals surface area contributed by atoms with Crippen LogP contribution in [0.2, 0.25) is 0 Å². The molecule has 0 radical (unpaired) electrons. The Balaban J connectivity index is 1.81. The quantitative estimate of drug-likeness (QED) is 0.308. The van der Waals surface area contributed by atoms with Crippen molar-refractivity contribution in [3.8, 4) is 0 Å². The fraction of sp³-hybridized carbons (Fsp3) is 0.150. The average Bonchev–Trinajstić information content (AvgIpc) is 2.61. The van der Waals surface area contributed by atoms with E-state index in [0.29, 0.717) is 5.56 Å². The summed E-state index contributed by atoms with van der Waals surface area (Å²) in [6, 6.07) is 21.7. The maximum Gasteiger partial charge on any atom is 0.252 e. The summed E-state index contributed by atoms with van der Waals surface area (Å²) in [7, 11) is 0. The van der Waals surface area contributed by atoms with E-state index in [9.17, 15) is 4.79 Å². The van der Waals surface area contributed by atoms with Crippen LogP contribution < -0.4 is 10.6 Å². The molecule has 0 bridgehead atoms. The first-order valence-corrected chi connectivity index (χ1v) is 10.4. The molecule has 0 aromatic heterocycles. The molecule has 0 aliphatic carbocycles. The molecule has 0 aliphatic heterocycles. The largest absolute Gasteiger partial charge is 0.363 e. The van der Waals surface area contributed by atoms with Gasteiger partial charge in [-0.05, 0) is 42.0 Å². The summed E-state index contributed by atoms with van der Waals surface area (Å²) < 4.78 is -0.709. The van der Waals surface area contributed by atoms with Crippen LogP contribution in [0.3, 0.4) is 0 Å². The Morgan fingerprint density at radius 3 is 2.23 bits per heavy atom. The lowest BCUT2D eigenvalue weighted by Gasteiger charge is -2.28. The first kappa shape index (κ1) is 19.4. The van der Waals surface area contributed by atoms with Gasteiger partial charge in [-0.2, -0.15) is 0 Å². The summed E-state index contributed by atoms with van der Waals surface area (Å²) in [6.07, 6.45) is -0.447. The number of amides is 1. The Morgan fingerprint density at radius 2 is 1.58 bits per heavy atom. The second kappa shape index (κ2) is 8.11. The molecule has 0 saturated heterocycles. The van der Waals surface area contributed by atoms with E-state index in [0.717, 1.165) is 16.6 Å². The number of hydrogen-bond donors (Lipinski definition) is 2. The predicted octanol–water partition coefficient (Wildman–Crippen LogP) is 6.15. The highest BCUT2D eigenvalue weighted by Gasteiger charge is 2.32. The molecule has 0 spiro atoms. The molecule has 6 heteroatoms. The number of aryl methyl sites for hydroxylation is 1. The molecule has 3 aromatic rings. The van der Waals surface area contributed by atoms with Crippen LogP contribution in [-0.4, -0.2) is 14.2 Å². The van der Waals surface area contributed by atoms with Gasteiger partial charge in [-0.1, -0.05) is 95.8 Å². The van der Waals surface area contributed by atoms with Gasteiger partial charge in [-0.25, -0.2) is 0 Å². The van der Waals surface area contributed by atoms with Gasteiger partial charge in [0.1, 0.15) is 6.17 Å². The maximum absolute atomic E-state index is 12.6. The molecular formula is C20H17Br3N2O. The van der Waals surface area contributed by atoms with E-state index in [1.807, 2.05) is 49.4 Å². The number of nitrogens with one attached hydrogen (secondary N) is 2. The van der Waals surface area contributed by atoms with Crippen molar-refractivity contribution in [1.82, 2.24) is 5.32 Å². The van der Waals surface area contributed by atoms with Gasteiger partial charge in [0, 0.05) is 11.3 Å². The minimum Gasteiger partial charge on any atom is -0.363 e. The van der Waals surface area contributed by atoms with E-state index in [1.165, 1.54) is 5.39 Å². The third-order valence-corrected chi connectivity index (χ3v) is 5.35. The van der Waals surface area contributed by atoms with Crippen molar-refractivity contribution >= 4 is 70.2 Å². The number of fused-ring (bicyclic) bond motifs is 1. The summed E-state index contributed by atoms with van der Waals surface area (Å²) in [5, 5.41) is 8.65. The Hall–Kier alpha value is -1.37. The first-order chi connectivity index (χ1) is 12.3. The van der Waals surface area contributed by atoms with Gasteiger partial charge in [-0.15, -0.1) is 0 Å². The second-order valence-corrected chi connectivity index (χ2v) is 13.0. The zero-order valence-electron chi connectivity index (χ0n) is 14.0. The Morgan fingerprint density at radius 1 is 0.923 bits per heavy atom. The number of carbonyl (C=O) groups excluding carboxylic acids is 1. The van der Waals surface area contributed by atoms with Crippen molar-refractivity contribution < 1.29 is 4.79 Å².